The number of hydrogen-bond acceptors (Lipinski definition) is 5. The Bertz CT molecular complexity index is 1020. The van der Waals surface area contributed by atoms with Crippen LogP contribution in [0.2, 0.25) is 0 Å². The first-order chi connectivity index (χ1) is 14.4. The van der Waals surface area contributed by atoms with Gasteiger partial charge in [0.25, 0.3) is 0 Å². The van der Waals surface area contributed by atoms with Crippen LogP contribution in [-0.2, 0) is 14.0 Å². The first-order valence-electron chi connectivity index (χ1n) is 10.9. The minimum absolute atomic E-state index is 0.272. The summed E-state index contributed by atoms with van der Waals surface area (Å²) in [4.78, 5) is 21.9. The van der Waals surface area contributed by atoms with Crippen molar-refractivity contribution in [3.05, 3.63) is 30.1 Å². The van der Waals surface area contributed by atoms with Gasteiger partial charge in [-0.2, -0.15) is 0 Å². The summed E-state index contributed by atoms with van der Waals surface area (Å²) in [5, 5.41) is 1.03. The number of H-pyrrole nitrogens is 1. The maximum Gasteiger partial charge on any atom is 0.496 e. The number of nitrogens with zero attached hydrogens (tertiary/aromatic N) is 2. The lowest BCUT2D eigenvalue weighted by molar-refractivity contribution is 0.00578. The molecule has 31 heavy (non-hydrogen) atoms. The highest BCUT2D eigenvalue weighted by atomic mass is 16.7. The molecule has 0 bridgehead atoms. The predicted molar refractivity (Wildman–Crippen MR) is 122 cm³/mol. The minimum atomic E-state index is -0.493. The molecule has 0 aliphatic carbocycles. The lowest BCUT2D eigenvalue weighted by Gasteiger charge is -2.32. The average molecular weight is 425 g/mol. The van der Waals surface area contributed by atoms with Gasteiger partial charge in [-0.3, -0.25) is 0 Å². The molecule has 0 saturated carbocycles. The van der Waals surface area contributed by atoms with E-state index in [1.165, 1.54) is 5.57 Å². The number of pyridine rings is 1. The van der Waals surface area contributed by atoms with Crippen molar-refractivity contribution in [3.8, 4) is 0 Å². The lowest BCUT2D eigenvalue weighted by Crippen LogP contribution is -2.41. The quantitative estimate of drug-likeness (QED) is 0.739. The van der Waals surface area contributed by atoms with Crippen molar-refractivity contribution in [1.29, 1.82) is 0 Å². The summed E-state index contributed by atoms with van der Waals surface area (Å²) in [5.41, 5.74) is 2.73. The molecule has 0 atom stereocenters. The molecule has 2 aliphatic rings. The van der Waals surface area contributed by atoms with E-state index in [1.54, 1.807) is 4.90 Å². The van der Waals surface area contributed by atoms with Crippen LogP contribution in [0.4, 0.5) is 4.79 Å². The van der Waals surface area contributed by atoms with Crippen LogP contribution in [0.15, 0.2) is 24.5 Å². The molecular formula is C23H32BN3O4. The van der Waals surface area contributed by atoms with E-state index >= 15 is 0 Å². The minimum Gasteiger partial charge on any atom is -0.444 e. The first kappa shape index (κ1) is 21.9. The van der Waals surface area contributed by atoms with Gasteiger partial charge in [-0.15, -0.1) is 0 Å². The zero-order valence-electron chi connectivity index (χ0n) is 19.5. The number of fused-ring (bicyclic) bond motifs is 1. The van der Waals surface area contributed by atoms with E-state index in [1.807, 2.05) is 60.9 Å². The molecule has 0 radical (unpaired) electrons. The number of amides is 1. The Morgan fingerprint density at radius 1 is 1.23 bits per heavy atom. The molecule has 0 unspecified atom stereocenters. The van der Waals surface area contributed by atoms with E-state index in [0.717, 1.165) is 28.5 Å². The first-order valence-corrected chi connectivity index (χ1v) is 10.9. The zero-order chi connectivity index (χ0) is 22.6. The molecule has 1 saturated heterocycles. The van der Waals surface area contributed by atoms with Crippen molar-refractivity contribution in [2.24, 2.45) is 0 Å². The number of hydrogen-bond donors (Lipinski definition) is 1. The molecule has 2 aromatic heterocycles. The third kappa shape index (κ3) is 4.23. The van der Waals surface area contributed by atoms with Crippen molar-refractivity contribution in [2.75, 3.05) is 13.1 Å². The summed E-state index contributed by atoms with van der Waals surface area (Å²) in [6.07, 6.45) is 6.38. The van der Waals surface area contributed by atoms with Gasteiger partial charge < -0.3 is 23.9 Å². The van der Waals surface area contributed by atoms with E-state index < -0.39 is 23.9 Å². The molecule has 1 N–H and O–H groups in total. The number of nitrogens with one attached hydrogen (secondary N) is 1. The van der Waals surface area contributed by atoms with E-state index in [9.17, 15) is 4.79 Å². The summed E-state index contributed by atoms with van der Waals surface area (Å²) in [5.74, 6) is 0. The van der Waals surface area contributed by atoms with Crippen LogP contribution in [0.5, 0.6) is 0 Å². The molecular weight excluding hydrogens is 393 g/mol. The van der Waals surface area contributed by atoms with E-state index in [0.29, 0.717) is 13.1 Å². The molecule has 1 fully saturated rings. The molecule has 166 valence electrons. The molecule has 2 aromatic rings. The highest BCUT2D eigenvalue weighted by Gasteiger charge is 2.51. The van der Waals surface area contributed by atoms with Crippen LogP contribution < -0.4 is 5.46 Å². The second-order valence-electron chi connectivity index (χ2n) is 10.4. The van der Waals surface area contributed by atoms with Crippen molar-refractivity contribution in [2.45, 2.75) is 71.7 Å². The molecule has 4 heterocycles. The van der Waals surface area contributed by atoms with Crippen molar-refractivity contribution in [3.63, 3.8) is 0 Å². The van der Waals surface area contributed by atoms with Gasteiger partial charge in [0.05, 0.1) is 11.2 Å². The third-order valence-corrected chi connectivity index (χ3v) is 6.28. The van der Waals surface area contributed by atoms with Crippen LogP contribution in [-0.4, -0.2) is 58.0 Å². The van der Waals surface area contributed by atoms with Crippen LogP contribution in [0, 0.1) is 0 Å². The third-order valence-electron chi connectivity index (χ3n) is 6.28. The molecule has 8 heteroatoms. The second-order valence-corrected chi connectivity index (χ2v) is 10.4. The van der Waals surface area contributed by atoms with Crippen LogP contribution in [0.25, 0.3) is 16.6 Å². The summed E-state index contributed by atoms with van der Waals surface area (Å²) in [6, 6.07) is 2.09. The van der Waals surface area contributed by atoms with Crippen molar-refractivity contribution < 1.29 is 18.8 Å². The summed E-state index contributed by atoms with van der Waals surface area (Å²) in [7, 11) is -0.451. The van der Waals surface area contributed by atoms with Crippen molar-refractivity contribution in [1.82, 2.24) is 14.9 Å². The normalized spacial score (nSPS) is 20.8. The SMILES string of the molecule is CC(C)(C)OC(=O)N1CC=C(c2c[nH]c3ncc(B4OC(C)(C)C(C)(C)O4)cc23)CC1. The van der Waals surface area contributed by atoms with Gasteiger partial charge in [-0.05, 0) is 66.5 Å². The maximum atomic E-state index is 12.3. The number of aromatic amines is 1. The molecule has 4 rings (SSSR count). The van der Waals surface area contributed by atoms with E-state index in [2.05, 4.69) is 22.1 Å². The number of carbonyl (C=O) groups is 1. The van der Waals surface area contributed by atoms with E-state index in [4.69, 9.17) is 14.0 Å². The number of rotatable bonds is 2. The van der Waals surface area contributed by atoms with Crippen LogP contribution in [0.3, 0.4) is 0 Å². The maximum absolute atomic E-state index is 12.3. The Hall–Kier alpha value is -2.32. The fraction of sp³-hybridized carbons (Fsp3) is 0.565. The Labute approximate surface area is 184 Å². The Kier molecular flexibility index (Phi) is 5.21. The molecule has 7 nitrogen and oxygen atoms in total. The fourth-order valence-corrected chi connectivity index (χ4v) is 3.80. The Morgan fingerprint density at radius 3 is 2.48 bits per heavy atom. The standard InChI is InChI=1S/C23H32BN3O4/c1-21(2,3)29-20(28)27-10-8-15(9-11-27)18-14-26-19-17(18)12-16(13-25-19)24-30-22(4,5)23(6,7)31-24/h8,12-14H,9-11H2,1-7H3,(H,25,26). The van der Waals surface area contributed by atoms with Gasteiger partial charge in [0, 0.05) is 41.9 Å². The van der Waals surface area contributed by atoms with Crippen molar-refractivity contribution >= 4 is 35.3 Å². The smallest absolute Gasteiger partial charge is 0.444 e. The molecule has 0 aromatic carbocycles. The number of carbonyl (C=O) groups excluding carboxylic acids is 1. The fourth-order valence-electron chi connectivity index (χ4n) is 3.80. The average Bonchev–Trinajstić information content (AvgIpc) is 3.17. The van der Waals surface area contributed by atoms with Gasteiger partial charge in [0.1, 0.15) is 11.2 Å². The molecule has 0 spiro atoms. The lowest BCUT2D eigenvalue weighted by atomic mass is 9.79. The largest absolute Gasteiger partial charge is 0.496 e. The summed E-state index contributed by atoms with van der Waals surface area (Å²) in [6.45, 7) is 15.0. The highest BCUT2D eigenvalue weighted by molar-refractivity contribution is 6.62. The van der Waals surface area contributed by atoms with Crippen LogP contribution in [0.1, 0.15) is 60.5 Å². The zero-order valence-corrected chi connectivity index (χ0v) is 19.5. The number of ether oxygens (including phenoxy) is 1. The molecule has 2 aliphatic heterocycles. The second kappa shape index (κ2) is 7.38. The Balaban J connectivity index is 1.56. The summed E-state index contributed by atoms with van der Waals surface area (Å²) >= 11 is 0. The van der Waals surface area contributed by atoms with E-state index in [-0.39, 0.29) is 6.09 Å². The van der Waals surface area contributed by atoms with Gasteiger partial charge in [0.15, 0.2) is 0 Å². The Morgan fingerprint density at radius 2 is 1.90 bits per heavy atom. The predicted octanol–water partition coefficient (Wildman–Crippen LogP) is 3.89. The van der Waals surface area contributed by atoms with Gasteiger partial charge >= 0.3 is 13.2 Å². The topological polar surface area (TPSA) is 76.7 Å². The van der Waals surface area contributed by atoms with Gasteiger partial charge in [0.2, 0.25) is 0 Å². The van der Waals surface area contributed by atoms with Crippen LogP contribution >= 0.6 is 0 Å². The number of aromatic nitrogens is 2. The monoisotopic (exact) mass is 425 g/mol. The molecule has 1 amide bonds. The van der Waals surface area contributed by atoms with Gasteiger partial charge in [-0.25, -0.2) is 9.78 Å². The highest BCUT2D eigenvalue weighted by Crippen LogP contribution is 2.37. The van der Waals surface area contributed by atoms with Gasteiger partial charge in [-0.1, -0.05) is 6.08 Å². The summed E-state index contributed by atoms with van der Waals surface area (Å²) < 4.78 is 17.9.